The first kappa shape index (κ1) is 23.2. The molecule has 0 amide bonds. The van der Waals surface area contributed by atoms with E-state index in [1.165, 1.54) is 31.2 Å². The molecule has 0 aliphatic heterocycles. The molecule has 1 heterocycles. The summed E-state index contributed by atoms with van der Waals surface area (Å²) in [7, 11) is -8.27. The van der Waals surface area contributed by atoms with Gasteiger partial charge in [-0.2, -0.15) is 17.6 Å². The fourth-order valence-electron chi connectivity index (χ4n) is 3.48. The molecule has 4 aromatic rings. The summed E-state index contributed by atoms with van der Waals surface area (Å²) in [6.07, 6.45) is 0. The summed E-state index contributed by atoms with van der Waals surface area (Å²) < 4.78 is 55.3. The van der Waals surface area contributed by atoms with Crippen LogP contribution >= 0.6 is 11.6 Å². The second-order valence-corrected chi connectivity index (χ2v) is 11.8. The molecule has 6 nitrogen and oxygen atoms in total. The van der Waals surface area contributed by atoms with E-state index < -0.39 is 19.9 Å². The molecular formula is C24H21ClN2O4S2. The molecule has 0 atom stereocenters. The number of aromatic nitrogens is 2. The van der Waals surface area contributed by atoms with Crippen molar-refractivity contribution in [1.29, 1.82) is 0 Å². The lowest BCUT2D eigenvalue weighted by Crippen LogP contribution is -2.16. The van der Waals surface area contributed by atoms with Crippen LogP contribution in [-0.2, 0) is 19.9 Å². The van der Waals surface area contributed by atoms with Gasteiger partial charge in [-0.3, -0.25) is 0 Å². The maximum absolute atomic E-state index is 13.7. The number of rotatable bonds is 5. The monoisotopic (exact) mass is 500 g/mol. The number of nitrogens with zero attached hydrogens (tertiary/aromatic N) is 2. The zero-order valence-electron chi connectivity index (χ0n) is 18.2. The molecule has 0 saturated carbocycles. The van der Waals surface area contributed by atoms with Crippen molar-refractivity contribution in [3.05, 3.63) is 94.6 Å². The third-order valence-electron chi connectivity index (χ3n) is 5.24. The van der Waals surface area contributed by atoms with E-state index in [0.29, 0.717) is 10.6 Å². The minimum absolute atomic E-state index is 0.00472. The van der Waals surface area contributed by atoms with Crippen LogP contribution in [0.4, 0.5) is 0 Å². The topological polar surface area (TPSA) is 86.1 Å². The molecule has 0 spiro atoms. The van der Waals surface area contributed by atoms with Crippen molar-refractivity contribution in [3.8, 4) is 11.3 Å². The number of hydrogen-bond acceptors (Lipinski definition) is 5. The second-order valence-electron chi connectivity index (χ2n) is 7.75. The Kier molecular flexibility index (Phi) is 5.94. The summed E-state index contributed by atoms with van der Waals surface area (Å²) in [4.78, 5) is -0.104. The number of aryl methyl sites for hydroxylation is 3. The second kappa shape index (κ2) is 8.44. The van der Waals surface area contributed by atoms with Crippen molar-refractivity contribution in [2.75, 3.05) is 0 Å². The molecular weight excluding hydrogens is 480 g/mol. The molecule has 3 aromatic carbocycles. The molecule has 0 aliphatic rings. The third-order valence-corrected chi connectivity index (χ3v) is 9.00. The van der Waals surface area contributed by atoms with Gasteiger partial charge in [0.15, 0.2) is 0 Å². The molecule has 0 N–H and O–H groups in total. The maximum atomic E-state index is 13.7. The van der Waals surface area contributed by atoms with E-state index in [1.54, 1.807) is 48.5 Å². The highest BCUT2D eigenvalue weighted by molar-refractivity contribution is 7.92. The molecule has 9 heteroatoms. The fraction of sp³-hybridized carbons (Fsp3) is 0.125. The van der Waals surface area contributed by atoms with Crippen LogP contribution in [-0.4, -0.2) is 26.0 Å². The smallest absolute Gasteiger partial charge is 0.218 e. The van der Waals surface area contributed by atoms with E-state index in [9.17, 15) is 16.8 Å². The van der Waals surface area contributed by atoms with Gasteiger partial charge in [0, 0.05) is 10.6 Å². The Hall–Kier alpha value is -2.94. The summed E-state index contributed by atoms with van der Waals surface area (Å²) in [6.45, 7) is 5.19. The molecule has 170 valence electrons. The van der Waals surface area contributed by atoms with Gasteiger partial charge in [-0.25, -0.2) is 8.42 Å². The lowest BCUT2D eigenvalue weighted by molar-refractivity contribution is 0.580. The van der Waals surface area contributed by atoms with Gasteiger partial charge in [0.05, 0.1) is 15.5 Å². The van der Waals surface area contributed by atoms with Crippen LogP contribution in [0.3, 0.4) is 0 Å². The first-order valence-electron chi connectivity index (χ1n) is 10.0. The number of sulfone groups is 1. The summed E-state index contributed by atoms with van der Waals surface area (Å²) in [5.41, 5.74) is 2.20. The molecule has 4 rings (SSSR count). The predicted molar refractivity (Wildman–Crippen MR) is 128 cm³/mol. The zero-order chi connectivity index (χ0) is 24.0. The molecule has 0 unspecified atom stereocenters. The highest BCUT2D eigenvalue weighted by Crippen LogP contribution is 2.36. The third kappa shape index (κ3) is 4.21. The average Bonchev–Trinajstić information content (AvgIpc) is 3.13. The minimum atomic E-state index is -4.19. The first-order valence-corrected chi connectivity index (χ1v) is 13.3. The maximum Gasteiger partial charge on any atom is 0.283 e. The van der Waals surface area contributed by atoms with E-state index in [1.807, 2.05) is 13.8 Å². The molecule has 33 heavy (non-hydrogen) atoms. The van der Waals surface area contributed by atoms with Gasteiger partial charge in [0.2, 0.25) is 9.84 Å². The Labute approximate surface area is 198 Å². The van der Waals surface area contributed by atoms with Gasteiger partial charge in [-0.15, -0.1) is 0 Å². The standard InChI is InChI=1S/C24H21ClN2O4S2/c1-16-4-12-21(13-5-16)32(28,29)24-18(3)26-27(23(24)19-8-10-20(25)11-9-19)33(30,31)22-14-6-17(2)7-15-22/h4-15H,1-3H3. The SMILES string of the molecule is Cc1ccc(S(=O)(=O)c2c(C)nn(S(=O)(=O)c3ccc(C)cc3)c2-c2ccc(Cl)cc2)cc1. The summed E-state index contributed by atoms with van der Waals surface area (Å²) in [6, 6.07) is 19.0. The summed E-state index contributed by atoms with van der Waals surface area (Å²) >= 11 is 6.03. The molecule has 0 bridgehead atoms. The Bertz CT molecular complexity index is 1540. The molecule has 0 aliphatic carbocycles. The van der Waals surface area contributed by atoms with E-state index in [2.05, 4.69) is 5.10 Å². The van der Waals surface area contributed by atoms with Crippen molar-refractivity contribution in [2.24, 2.45) is 0 Å². The lowest BCUT2D eigenvalue weighted by atomic mass is 10.1. The van der Waals surface area contributed by atoms with Gasteiger partial charge < -0.3 is 0 Å². The number of benzene rings is 3. The molecule has 0 fully saturated rings. The van der Waals surface area contributed by atoms with Crippen LogP contribution in [0.15, 0.2) is 87.5 Å². The van der Waals surface area contributed by atoms with E-state index in [0.717, 1.165) is 15.2 Å². The van der Waals surface area contributed by atoms with Crippen molar-refractivity contribution in [3.63, 3.8) is 0 Å². The van der Waals surface area contributed by atoms with Crippen molar-refractivity contribution < 1.29 is 16.8 Å². The van der Waals surface area contributed by atoms with Crippen LogP contribution in [0.1, 0.15) is 16.8 Å². The van der Waals surface area contributed by atoms with Crippen LogP contribution in [0, 0.1) is 20.8 Å². The quantitative estimate of drug-likeness (QED) is 0.376. The lowest BCUT2D eigenvalue weighted by Gasteiger charge is -2.12. The van der Waals surface area contributed by atoms with Crippen LogP contribution in [0.25, 0.3) is 11.3 Å². The molecule has 1 aromatic heterocycles. The predicted octanol–water partition coefficient (Wildman–Crippen LogP) is 5.20. The van der Waals surface area contributed by atoms with Gasteiger partial charge in [-0.05, 0) is 57.2 Å². The molecule has 0 radical (unpaired) electrons. The fourth-order valence-corrected chi connectivity index (χ4v) is 6.63. The minimum Gasteiger partial charge on any atom is -0.218 e. The van der Waals surface area contributed by atoms with E-state index in [-0.39, 0.29) is 26.1 Å². The Morgan fingerprint density at radius 2 is 1.18 bits per heavy atom. The van der Waals surface area contributed by atoms with E-state index >= 15 is 0 Å². The van der Waals surface area contributed by atoms with Gasteiger partial charge in [-0.1, -0.05) is 59.1 Å². The van der Waals surface area contributed by atoms with Crippen molar-refractivity contribution >= 4 is 31.5 Å². The Morgan fingerprint density at radius 1 is 0.697 bits per heavy atom. The zero-order valence-corrected chi connectivity index (χ0v) is 20.5. The number of hydrogen-bond donors (Lipinski definition) is 0. The van der Waals surface area contributed by atoms with Crippen molar-refractivity contribution in [2.45, 2.75) is 35.5 Å². The van der Waals surface area contributed by atoms with Gasteiger partial charge in [0.1, 0.15) is 10.6 Å². The molecule has 0 saturated heterocycles. The highest BCUT2D eigenvalue weighted by Gasteiger charge is 2.34. The average molecular weight is 501 g/mol. The van der Waals surface area contributed by atoms with Crippen LogP contribution in [0.2, 0.25) is 5.02 Å². The first-order chi connectivity index (χ1) is 15.5. The number of halogens is 1. The summed E-state index contributed by atoms with van der Waals surface area (Å²) in [5, 5.41) is 4.64. The summed E-state index contributed by atoms with van der Waals surface area (Å²) in [5.74, 6) is 0. The van der Waals surface area contributed by atoms with Crippen LogP contribution in [0.5, 0.6) is 0 Å². The highest BCUT2D eigenvalue weighted by atomic mass is 35.5. The van der Waals surface area contributed by atoms with Gasteiger partial charge >= 0.3 is 0 Å². The Balaban J connectivity index is 2.05. The van der Waals surface area contributed by atoms with Crippen LogP contribution < -0.4 is 0 Å². The Morgan fingerprint density at radius 3 is 1.70 bits per heavy atom. The van der Waals surface area contributed by atoms with Crippen molar-refractivity contribution in [1.82, 2.24) is 9.19 Å². The van der Waals surface area contributed by atoms with Gasteiger partial charge in [0.25, 0.3) is 10.0 Å². The normalized spacial score (nSPS) is 12.1. The van der Waals surface area contributed by atoms with E-state index in [4.69, 9.17) is 11.6 Å². The largest absolute Gasteiger partial charge is 0.283 e.